The van der Waals surface area contributed by atoms with Gasteiger partial charge >= 0.3 is 0 Å². The number of aryl methyl sites for hydroxylation is 2. The van der Waals surface area contributed by atoms with Crippen LogP contribution in [0.4, 0.5) is 10.8 Å². The fraction of sp³-hybridized carbons (Fsp3) is 0.438. The Bertz CT molecular complexity index is 729. The zero-order chi connectivity index (χ0) is 16.3. The third-order valence-electron chi connectivity index (χ3n) is 3.23. The lowest BCUT2D eigenvalue weighted by molar-refractivity contribution is -0.116. The minimum absolute atomic E-state index is 0.0575. The highest BCUT2D eigenvalue weighted by atomic mass is 32.1. The molecule has 0 saturated heterocycles. The maximum absolute atomic E-state index is 11.9. The lowest BCUT2D eigenvalue weighted by atomic mass is 10.1. The molecular formula is C16H22N4OS. The highest BCUT2D eigenvalue weighted by molar-refractivity contribution is 7.22. The van der Waals surface area contributed by atoms with Crippen molar-refractivity contribution in [3.05, 3.63) is 17.2 Å². The van der Waals surface area contributed by atoms with Gasteiger partial charge < -0.3 is 5.32 Å². The lowest BCUT2D eigenvalue weighted by Gasteiger charge is -2.11. The van der Waals surface area contributed by atoms with Crippen molar-refractivity contribution in [2.75, 3.05) is 10.7 Å². The molecule has 2 rings (SSSR count). The summed E-state index contributed by atoms with van der Waals surface area (Å²) >= 11 is 1.55. The van der Waals surface area contributed by atoms with E-state index in [1.807, 2.05) is 40.7 Å². The Morgan fingerprint density at radius 3 is 2.73 bits per heavy atom. The molecular weight excluding hydrogens is 296 g/mol. The van der Waals surface area contributed by atoms with Crippen LogP contribution in [0.1, 0.15) is 44.7 Å². The number of nitrogens with one attached hydrogen (secondary N) is 2. The van der Waals surface area contributed by atoms with Crippen LogP contribution in [-0.2, 0) is 4.79 Å². The number of nitrogens with zero attached hydrogens (tertiary/aromatic N) is 2. The van der Waals surface area contributed by atoms with Gasteiger partial charge in [0, 0.05) is 17.8 Å². The van der Waals surface area contributed by atoms with Gasteiger partial charge in [0.2, 0.25) is 11.0 Å². The molecule has 1 heterocycles. The van der Waals surface area contributed by atoms with E-state index in [4.69, 9.17) is 0 Å². The topological polar surface area (TPSA) is 66.4 Å². The number of benzene rings is 1. The minimum atomic E-state index is 0.0575. The number of hydrazone groups is 1. The molecule has 1 amide bonds. The molecule has 118 valence electrons. The van der Waals surface area contributed by atoms with Gasteiger partial charge in [-0.15, -0.1) is 0 Å². The number of hydrogen-bond acceptors (Lipinski definition) is 5. The number of hydrogen-bond donors (Lipinski definition) is 2. The molecule has 0 aliphatic carbocycles. The van der Waals surface area contributed by atoms with E-state index >= 15 is 0 Å². The van der Waals surface area contributed by atoms with E-state index < -0.39 is 0 Å². The smallest absolute Gasteiger partial charge is 0.224 e. The zero-order valence-electron chi connectivity index (χ0n) is 13.7. The minimum Gasteiger partial charge on any atom is -0.326 e. The number of carbonyl (C=O) groups is 1. The highest BCUT2D eigenvalue weighted by Gasteiger charge is 2.14. The first-order valence-electron chi connectivity index (χ1n) is 7.39. The summed E-state index contributed by atoms with van der Waals surface area (Å²) < 4.78 is 1.07. The highest BCUT2D eigenvalue weighted by Crippen LogP contribution is 2.35. The number of anilines is 2. The molecule has 2 aromatic rings. The van der Waals surface area contributed by atoms with Crippen molar-refractivity contribution < 1.29 is 4.79 Å². The van der Waals surface area contributed by atoms with Crippen LogP contribution in [-0.4, -0.2) is 16.6 Å². The number of fused-ring (bicyclic) bond motifs is 1. The van der Waals surface area contributed by atoms with Gasteiger partial charge in [-0.3, -0.25) is 10.2 Å². The van der Waals surface area contributed by atoms with Crippen molar-refractivity contribution in [2.45, 2.75) is 47.5 Å². The van der Waals surface area contributed by atoms with Gasteiger partial charge in [0.25, 0.3) is 0 Å². The predicted molar refractivity (Wildman–Crippen MR) is 95.0 cm³/mol. The Kier molecular flexibility index (Phi) is 5.13. The van der Waals surface area contributed by atoms with Gasteiger partial charge in [0.05, 0.1) is 10.2 Å². The van der Waals surface area contributed by atoms with Crippen molar-refractivity contribution >= 4 is 44.0 Å². The van der Waals surface area contributed by atoms with E-state index in [2.05, 4.69) is 20.8 Å². The average molecular weight is 318 g/mol. The van der Waals surface area contributed by atoms with Crippen molar-refractivity contribution in [2.24, 2.45) is 5.10 Å². The molecule has 0 unspecified atom stereocenters. The van der Waals surface area contributed by atoms with Crippen LogP contribution in [0.5, 0.6) is 0 Å². The van der Waals surface area contributed by atoms with Crippen LogP contribution in [0.2, 0.25) is 0 Å². The van der Waals surface area contributed by atoms with Gasteiger partial charge in [-0.2, -0.15) is 5.10 Å². The summed E-state index contributed by atoms with van der Waals surface area (Å²) in [6, 6.07) is 2.01. The summed E-state index contributed by atoms with van der Waals surface area (Å²) in [5.74, 6) is 0.0575. The lowest BCUT2D eigenvalue weighted by Crippen LogP contribution is -2.12. The van der Waals surface area contributed by atoms with E-state index in [0.29, 0.717) is 6.42 Å². The Balaban J connectivity index is 2.39. The first-order valence-corrected chi connectivity index (χ1v) is 8.21. The van der Waals surface area contributed by atoms with Gasteiger partial charge in [0.15, 0.2) is 0 Å². The van der Waals surface area contributed by atoms with Crippen molar-refractivity contribution in [3.63, 3.8) is 0 Å². The van der Waals surface area contributed by atoms with Crippen LogP contribution in [0.15, 0.2) is 11.2 Å². The molecule has 0 fully saturated rings. The zero-order valence-corrected chi connectivity index (χ0v) is 14.5. The number of amides is 1. The molecule has 22 heavy (non-hydrogen) atoms. The molecule has 0 radical (unpaired) electrons. The first kappa shape index (κ1) is 16.4. The number of rotatable bonds is 5. The number of aromatic nitrogens is 1. The summed E-state index contributed by atoms with van der Waals surface area (Å²) in [6.45, 7) is 9.87. The monoisotopic (exact) mass is 318 g/mol. The molecule has 0 aliphatic heterocycles. The van der Waals surface area contributed by atoms with Crippen molar-refractivity contribution in [1.29, 1.82) is 0 Å². The Hall–Kier alpha value is -1.95. The van der Waals surface area contributed by atoms with E-state index in [9.17, 15) is 4.79 Å². The average Bonchev–Trinajstić information content (AvgIpc) is 2.84. The molecule has 5 nitrogen and oxygen atoms in total. The second-order valence-electron chi connectivity index (χ2n) is 5.53. The summed E-state index contributed by atoms with van der Waals surface area (Å²) in [6.07, 6.45) is 1.38. The fourth-order valence-electron chi connectivity index (χ4n) is 2.21. The largest absolute Gasteiger partial charge is 0.326 e. The van der Waals surface area contributed by atoms with E-state index in [1.54, 1.807) is 11.3 Å². The summed E-state index contributed by atoms with van der Waals surface area (Å²) in [5, 5.41) is 7.97. The molecule has 2 N–H and O–H groups in total. The summed E-state index contributed by atoms with van der Waals surface area (Å²) in [4.78, 5) is 16.4. The van der Waals surface area contributed by atoms with E-state index in [-0.39, 0.29) is 5.91 Å². The first-order chi connectivity index (χ1) is 10.4. The van der Waals surface area contributed by atoms with Crippen molar-refractivity contribution in [1.82, 2.24) is 4.98 Å². The maximum Gasteiger partial charge on any atom is 0.224 e. The second kappa shape index (κ2) is 6.87. The number of carbonyl (C=O) groups excluding carboxylic acids is 1. The fourth-order valence-corrected chi connectivity index (χ4v) is 3.11. The second-order valence-corrected chi connectivity index (χ2v) is 6.53. The van der Waals surface area contributed by atoms with Gasteiger partial charge in [-0.1, -0.05) is 18.3 Å². The van der Waals surface area contributed by atoms with Gasteiger partial charge in [-0.05, 0) is 51.3 Å². The third-order valence-corrected chi connectivity index (χ3v) is 4.33. The quantitative estimate of drug-likeness (QED) is 0.632. The SMILES string of the molecule is CCCC(=O)Nc1c(C)cc2nc(NN=C(C)C)sc2c1C. The molecule has 1 aromatic carbocycles. The third kappa shape index (κ3) is 3.62. The number of thiazole rings is 1. The Labute approximate surface area is 134 Å². The van der Waals surface area contributed by atoms with Crippen LogP contribution in [0.3, 0.4) is 0 Å². The van der Waals surface area contributed by atoms with Crippen LogP contribution in [0.25, 0.3) is 10.2 Å². The molecule has 0 aliphatic rings. The van der Waals surface area contributed by atoms with Crippen molar-refractivity contribution in [3.8, 4) is 0 Å². The maximum atomic E-state index is 11.9. The Morgan fingerprint density at radius 1 is 1.36 bits per heavy atom. The van der Waals surface area contributed by atoms with Crippen LogP contribution < -0.4 is 10.7 Å². The van der Waals surface area contributed by atoms with Gasteiger partial charge in [0.1, 0.15) is 0 Å². The molecule has 0 saturated carbocycles. The standard InChI is InChI=1S/C16H22N4OS/c1-6-7-13(21)18-14-10(4)8-12-15(11(14)5)22-16(17-12)20-19-9(2)3/h8H,6-7H2,1-5H3,(H,17,20)(H,18,21). The summed E-state index contributed by atoms with van der Waals surface area (Å²) in [5.41, 5.74) is 7.83. The normalized spacial score (nSPS) is 10.6. The summed E-state index contributed by atoms with van der Waals surface area (Å²) in [7, 11) is 0. The molecule has 0 spiro atoms. The predicted octanol–water partition coefficient (Wildman–Crippen LogP) is 4.46. The van der Waals surface area contributed by atoms with E-state index in [0.717, 1.165) is 44.3 Å². The van der Waals surface area contributed by atoms with Crippen LogP contribution >= 0.6 is 11.3 Å². The molecule has 1 aromatic heterocycles. The molecule has 0 bridgehead atoms. The Morgan fingerprint density at radius 2 is 2.09 bits per heavy atom. The van der Waals surface area contributed by atoms with E-state index in [1.165, 1.54) is 0 Å². The molecule has 6 heteroatoms. The van der Waals surface area contributed by atoms with Crippen LogP contribution in [0, 0.1) is 13.8 Å². The molecule has 0 atom stereocenters. The van der Waals surface area contributed by atoms with Gasteiger partial charge in [-0.25, -0.2) is 4.98 Å².